The first-order chi connectivity index (χ1) is 7.63. The van der Waals surface area contributed by atoms with E-state index in [9.17, 15) is 9.59 Å². The number of ketones is 1. The summed E-state index contributed by atoms with van der Waals surface area (Å²) in [4.78, 5) is 23.1. The van der Waals surface area contributed by atoms with Crippen molar-refractivity contribution < 1.29 is 19.1 Å². The van der Waals surface area contributed by atoms with Crippen LogP contribution in [-0.4, -0.2) is 25.0 Å². The number of carbonyl (C=O) groups excluding carboxylic acids is 2. The molecule has 4 heteroatoms. The Bertz CT molecular complexity index is 403. The molecule has 0 saturated carbocycles. The quantitative estimate of drug-likeness (QED) is 0.631. The van der Waals surface area contributed by atoms with Crippen molar-refractivity contribution in [2.24, 2.45) is 0 Å². The van der Waals surface area contributed by atoms with E-state index in [1.807, 2.05) is 0 Å². The van der Waals surface area contributed by atoms with Crippen molar-refractivity contribution in [3.05, 3.63) is 23.0 Å². The molecule has 1 unspecified atom stereocenters. The van der Waals surface area contributed by atoms with E-state index in [0.717, 1.165) is 18.6 Å². The van der Waals surface area contributed by atoms with Crippen molar-refractivity contribution in [3.63, 3.8) is 0 Å². The normalized spacial score (nSPS) is 24.5. The van der Waals surface area contributed by atoms with Crippen LogP contribution in [0.25, 0.3) is 0 Å². The van der Waals surface area contributed by atoms with Gasteiger partial charge in [0, 0.05) is 12.8 Å². The zero-order chi connectivity index (χ0) is 11.7. The van der Waals surface area contributed by atoms with Crippen LogP contribution < -0.4 is 0 Å². The van der Waals surface area contributed by atoms with Gasteiger partial charge in [-0.2, -0.15) is 0 Å². The Morgan fingerprint density at radius 2 is 2.25 bits per heavy atom. The van der Waals surface area contributed by atoms with E-state index in [-0.39, 0.29) is 11.9 Å². The summed E-state index contributed by atoms with van der Waals surface area (Å²) in [6.07, 6.45) is 3.41. The highest BCUT2D eigenvalue weighted by molar-refractivity contribution is 6.02. The van der Waals surface area contributed by atoms with Gasteiger partial charge in [0.25, 0.3) is 0 Å². The second-order valence-corrected chi connectivity index (χ2v) is 3.96. The SMILES string of the molecule is COC(=O)C1=CC2=C(CCCC2=O)OC1C. The van der Waals surface area contributed by atoms with E-state index in [0.29, 0.717) is 17.6 Å². The van der Waals surface area contributed by atoms with E-state index in [4.69, 9.17) is 4.74 Å². The van der Waals surface area contributed by atoms with Crippen LogP contribution in [0.4, 0.5) is 0 Å². The second kappa shape index (κ2) is 4.12. The monoisotopic (exact) mass is 222 g/mol. The minimum absolute atomic E-state index is 0.0505. The number of ether oxygens (including phenoxy) is 2. The van der Waals surface area contributed by atoms with Crippen LogP contribution >= 0.6 is 0 Å². The van der Waals surface area contributed by atoms with Gasteiger partial charge in [-0.15, -0.1) is 0 Å². The van der Waals surface area contributed by atoms with Crippen LogP contribution in [0.15, 0.2) is 23.0 Å². The maximum Gasteiger partial charge on any atom is 0.337 e. The third-order valence-corrected chi connectivity index (χ3v) is 2.89. The van der Waals surface area contributed by atoms with Crippen molar-refractivity contribution in [2.75, 3.05) is 7.11 Å². The summed E-state index contributed by atoms with van der Waals surface area (Å²) in [6, 6.07) is 0. The van der Waals surface area contributed by atoms with Gasteiger partial charge in [-0.3, -0.25) is 4.79 Å². The van der Waals surface area contributed by atoms with Gasteiger partial charge in [-0.05, 0) is 19.4 Å². The summed E-state index contributed by atoms with van der Waals surface area (Å²) in [5, 5.41) is 0. The van der Waals surface area contributed by atoms with Crippen LogP contribution in [0.3, 0.4) is 0 Å². The number of methoxy groups -OCH3 is 1. The van der Waals surface area contributed by atoms with Crippen LogP contribution in [0.5, 0.6) is 0 Å². The molecule has 4 nitrogen and oxygen atoms in total. The Labute approximate surface area is 93.9 Å². The first kappa shape index (κ1) is 10.9. The lowest BCUT2D eigenvalue weighted by atomic mass is 9.91. The molecule has 0 spiro atoms. The van der Waals surface area contributed by atoms with Gasteiger partial charge in [0.15, 0.2) is 5.78 Å². The van der Waals surface area contributed by atoms with Crippen LogP contribution in [0, 0.1) is 0 Å². The van der Waals surface area contributed by atoms with E-state index in [2.05, 4.69) is 4.74 Å². The highest BCUT2D eigenvalue weighted by Gasteiger charge is 2.30. The Morgan fingerprint density at radius 3 is 2.94 bits per heavy atom. The maximum atomic E-state index is 11.7. The van der Waals surface area contributed by atoms with E-state index < -0.39 is 5.97 Å². The molecular weight excluding hydrogens is 208 g/mol. The molecule has 0 saturated heterocycles. The molecule has 86 valence electrons. The summed E-state index contributed by atoms with van der Waals surface area (Å²) in [6.45, 7) is 1.78. The average Bonchev–Trinajstić information content (AvgIpc) is 2.28. The zero-order valence-corrected chi connectivity index (χ0v) is 9.41. The molecule has 0 fully saturated rings. The van der Waals surface area contributed by atoms with Gasteiger partial charge in [-0.1, -0.05) is 0 Å². The molecular formula is C12H14O4. The van der Waals surface area contributed by atoms with Gasteiger partial charge in [0.2, 0.25) is 0 Å². The molecule has 0 radical (unpaired) electrons. The summed E-state index contributed by atoms with van der Waals surface area (Å²) in [7, 11) is 1.32. The Morgan fingerprint density at radius 1 is 1.50 bits per heavy atom. The molecule has 0 bridgehead atoms. The molecule has 1 aliphatic heterocycles. The van der Waals surface area contributed by atoms with Crippen molar-refractivity contribution in [3.8, 4) is 0 Å². The van der Waals surface area contributed by atoms with Crippen molar-refractivity contribution in [1.82, 2.24) is 0 Å². The molecule has 16 heavy (non-hydrogen) atoms. The van der Waals surface area contributed by atoms with Gasteiger partial charge < -0.3 is 9.47 Å². The summed E-state index contributed by atoms with van der Waals surface area (Å²) >= 11 is 0. The van der Waals surface area contributed by atoms with Crippen LogP contribution in [-0.2, 0) is 19.1 Å². The molecule has 0 aromatic heterocycles. The molecule has 1 atom stereocenters. The Kier molecular flexibility index (Phi) is 2.81. The van der Waals surface area contributed by atoms with Gasteiger partial charge in [0.05, 0.1) is 18.3 Å². The summed E-state index contributed by atoms with van der Waals surface area (Å²) < 4.78 is 10.2. The lowest BCUT2D eigenvalue weighted by molar-refractivity contribution is -0.137. The van der Waals surface area contributed by atoms with Crippen LogP contribution in [0.1, 0.15) is 26.2 Å². The first-order valence-corrected chi connectivity index (χ1v) is 5.36. The standard InChI is InChI=1S/C12H14O4/c1-7-8(12(14)15-2)6-9-10(13)4-3-5-11(9)16-7/h6-7H,3-5H2,1-2H3. The van der Waals surface area contributed by atoms with E-state index in [1.54, 1.807) is 13.0 Å². The first-order valence-electron chi connectivity index (χ1n) is 5.36. The highest BCUT2D eigenvalue weighted by Crippen LogP contribution is 2.31. The number of Topliss-reactive ketones (excluding diaryl/α,β-unsaturated/α-hetero) is 1. The fraction of sp³-hybridized carbons (Fsp3) is 0.500. The molecule has 2 rings (SSSR count). The molecule has 1 heterocycles. The van der Waals surface area contributed by atoms with Gasteiger partial charge in [0.1, 0.15) is 11.9 Å². The molecule has 2 aliphatic rings. The minimum atomic E-state index is -0.433. The number of hydrogen-bond donors (Lipinski definition) is 0. The molecule has 0 aromatic carbocycles. The minimum Gasteiger partial charge on any atom is -0.489 e. The highest BCUT2D eigenvalue weighted by atomic mass is 16.5. The Hall–Kier alpha value is -1.58. The predicted octanol–water partition coefficient (Wildman–Crippen LogP) is 1.51. The predicted molar refractivity (Wildman–Crippen MR) is 56.5 cm³/mol. The Balaban J connectivity index is 2.37. The molecule has 0 aromatic rings. The second-order valence-electron chi connectivity index (χ2n) is 3.96. The average molecular weight is 222 g/mol. The summed E-state index contributed by atoms with van der Waals surface area (Å²) in [5.74, 6) is 0.336. The largest absolute Gasteiger partial charge is 0.489 e. The molecule has 1 aliphatic carbocycles. The number of allylic oxidation sites excluding steroid dienone is 3. The van der Waals surface area contributed by atoms with Crippen LogP contribution in [0.2, 0.25) is 0 Å². The van der Waals surface area contributed by atoms with Crippen molar-refractivity contribution in [2.45, 2.75) is 32.3 Å². The molecule has 0 N–H and O–H groups in total. The van der Waals surface area contributed by atoms with Crippen molar-refractivity contribution >= 4 is 11.8 Å². The lowest BCUT2D eigenvalue weighted by Crippen LogP contribution is -2.27. The zero-order valence-electron chi connectivity index (χ0n) is 9.41. The third kappa shape index (κ3) is 1.75. The summed E-state index contributed by atoms with van der Waals surface area (Å²) in [5.41, 5.74) is 0.959. The van der Waals surface area contributed by atoms with Gasteiger partial charge >= 0.3 is 5.97 Å². The number of rotatable bonds is 1. The van der Waals surface area contributed by atoms with Crippen molar-refractivity contribution in [1.29, 1.82) is 0 Å². The lowest BCUT2D eigenvalue weighted by Gasteiger charge is -2.27. The smallest absolute Gasteiger partial charge is 0.337 e. The fourth-order valence-electron chi connectivity index (χ4n) is 2.01. The maximum absolute atomic E-state index is 11.7. The van der Waals surface area contributed by atoms with E-state index >= 15 is 0 Å². The third-order valence-electron chi connectivity index (χ3n) is 2.89. The number of hydrogen-bond acceptors (Lipinski definition) is 4. The van der Waals surface area contributed by atoms with E-state index in [1.165, 1.54) is 7.11 Å². The molecule has 0 amide bonds. The van der Waals surface area contributed by atoms with Gasteiger partial charge in [-0.25, -0.2) is 4.79 Å². The number of esters is 1. The fourth-order valence-corrected chi connectivity index (χ4v) is 2.01. The topological polar surface area (TPSA) is 52.6 Å². The number of carbonyl (C=O) groups is 2.